The standard InChI is InChI=1S/C28H18N2O5S/c31-25-23(17-22-14-15-24(35-22)18-8-7-9-19(16-18)27(33)34)26(32)30(21-12-5-2-6-13-21)28(36)29(25)20-10-3-1-4-11-20/h1-17H,(H,33,34). The summed E-state index contributed by atoms with van der Waals surface area (Å²) in [4.78, 5) is 41.0. The maximum atomic E-state index is 13.5. The van der Waals surface area contributed by atoms with Crippen LogP contribution >= 0.6 is 12.2 Å². The molecule has 1 aliphatic heterocycles. The summed E-state index contributed by atoms with van der Waals surface area (Å²) in [6, 6.07) is 27.3. The number of carbonyl (C=O) groups excluding carboxylic acids is 2. The molecule has 4 aromatic rings. The molecule has 1 saturated heterocycles. The van der Waals surface area contributed by atoms with Crippen molar-refractivity contribution < 1.29 is 23.9 Å². The SMILES string of the molecule is O=C(O)c1cccc(-c2ccc(C=C3C(=O)N(c4ccccc4)C(=S)N(c4ccccc4)C3=O)o2)c1. The topological polar surface area (TPSA) is 91.1 Å². The molecule has 7 nitrogen and oxygen atoms in total. The molecule has 2 heterocycles. The van der Waals surface area contributed by atoms with Gasteiger partial charge in [-0.15, -0.1) is 0 Å². The molecule has 1 aliphatic rings. The number of carbonyl (C=O) groups is 3. The highest BCUT2D eigenvalue weighted by Crippen LogP contribution is 2.31. The average molecular weight is 495 g/mol. The van der Waals surface area contributed by atoms with Crippen molar-refractivity contribution in [3.63, 3.8) is 0 Å². The molecule has 1 aromatic heterocycles. The van der Waals surface area contributed by atoms with Gasteiger partial charge in [0.15, 0.2) is 5.11 Å². The summed E-state index contributed by atoms with van der Waals surface area (Å²) in [5.74, 6) is -1.54. The Labute approximate surface area is 211 Å². The Balaban J connectivity index is 1.57. The first-order chi connectivity index (χ1) is 17.4. The zero-order valence-electron chi connectivity index (χ0n) is 18.7. The first-order valence-electron chi connectivity index (χ1n) is 10.9. The van der Waals surface area contributed by atoms with Gasteiger partial charge in [0.1, 0.15) is 17.1 Å². The van der Waals surface area contributed by atoms with Crippen molar-refractivity contribution in [1.29, 1.82) is 0 Å². The molecule has 0 radical (unpaired) electrons. The zero-order chi connectivity index (χ0) is 25.2. The molecule has 0 atom stereocenters. The minimum Gasteiger partial charge on any atom is -0.478 e. The molecule has 8 heteroatoms. The van der Waals surface area contributed by atoms with Crippen molar-refractivity contribution in [2.75, 3.05) is 9.80 Å². The van der Waals surface area contributed by atoms with E-state index >= 15 is 0 Å². The van der Waals surface area contributed by atoms with Crippen LogP contribution in [0, 0.1) is 0 Å². The van der Waals surface area contributed by atoms with E-state index in [0.29, 0.717) is 22.7 Å². The quantitative estimate of drug-likeness (QED) is 0.227. The van der Waals surface area contributed by atoms with Crippen molar-refractivity contribution in [3.05, 3.63) is 114 Å². The van der Waals surface area contributed by atoms with Crippen molar-refractivity contribution in [3.8, 4) is 11.3 Å². The lowest BCUT2D eigenvalue weighted by Crippen LogP contribution is -2.56. The molecule has 2 amide bonds. The maximum absolute atomic E-state index is 13.5. The summed E-state index contributed by atoms with van der Waals surface area (Å²) in [5.41, 5.74) is 1.59. The van der Waals surface area contributed by atoms with Gasteiger partial charge in [-0.05, 0) is 66.8 Å². The van der Waals surface area contributed by atoms with Gasteiger partial charge < -0.3 is 9.52 Å². The van der Waals surface area contributed by atoms with Crippen LogP contribution in [0.3, 0.4) is 0 Å². The Kier molecular flexibility index (Phi) is 6.02. The Morgan fingerprint density at radius 3 is 1.92 bits per heavy atom. The number of thiocarbonyl (C=S) groups is 1. The number of hydrogen-bond donors (Lipinski definition) is 1. The van der Waals surface area contributed by atoms with Crippen molar-refractivity contribution >= 4 is 52.6 Å². The van der Waals surface area contributed by atoms with Gasteiger partial charge in [0, 0.05) is 5.56 Å². The fourth-order valence-corrected chi connectivity index (χ4v) is 4.25. The molecule has 1 fully saturated rings. The molecule has 36 heavy (non-hydrogen) atoms. The molecule has 0 unspecified atom stereocenters. The lowest BCUT2D eigenvalue weighted by molar-refractivity contribution is -0.120. The normalized spacial score (nSPS) is 13.8. The van der Waals surface area contributed by atoms with E-state index in [1.807, 2.05) is 12.1 Å². The summed E-state index contributed by atoms with van der Waals surface area (Å²) in [5, 5.41) is 9.31. The molecular formula is C28H18N2O5S. The van der Waals surface area contributed by atoms with Crippen LogP contribution < -0.4 is 9.80 Å². The van der Waals surface area contributed by atoms with Gasteiger partial charge in [-0.3, -0.25) is 19.4 Å². The number of para-hydroxylation sites is 2. The number of furan rings is 1. The van der Waals surface area contributed by atoms with E-state index in [0.717, 1.165) is 0 Å². The number of amides is 2. The van der Waals surface area contributed by atoms with E-state index < -0.39 is 17.8 Å². The minimum atomic E-state index is -1.05. The number of anilines is 2. The van der Waals surface area contributed by atoms with Crippen LogP contribution in [-0.4, -0.2) is 28.0 Å². The fraction of sp³-hybridized carbons (Fsp3) is 0. The second kappa shape index (κ2) is 9.44. The smallest absolute Gasteiger partial charge is 0.335 e. The molecule has 176 valence electrons. The third-order valence-corrected chi connectivity index (χ3v) is 5.95. The van der Waals surface area contributed by atoms with Gasteiger partial charge in [-0.1, -0.05) is 48.5 Å². The van der Waals surface area contributed by atoms with Crippen LogP contribution in [-0.2, 0) is 9.59 Å². The number of carboxylic acid groups (broad SMARTS) is 1. The van der Waals surface area contributed by atoms with Crippen LogP contribution in [0.5, 0.6) is 0 Å². The highest BCUT2D eigenvalue weighted by Gasteiger charge is 2.41. The first kappa shape index (κ1) is 22.9. The number of aromatic carboxylic acids is 1. The van der Waals surface area contributed by atoms with Gasteiger partial charge in [0.05, 0.1) is 16.9 Å². The largest absolute Gasteiger partial charge is 0.478 e. The molecular weight excluding hydrogens is 476 g/mol. The van der Waals surface area contributed by atoms with Gasteiger partial charge in [-0.25, -0.2) is 4.79 Å². The first-order valence-corrected chi connectivity index (χ1v) is 11.3. The van der Waals surface area contributed by atoms with Crippen LogP contribution in [0.1, 0.15) is 16.1 Å². The molecule has 0 spiro atoms. The summed E-state index contributed by atoms with van der Waals surface area (Å²) in [6.07, 6.45) is 1.38. The Hall–Kier alpha value is -4.82. The van der Waals surface area contributed by atoms with Crippen LogP contribution in [0.4, 0.5) is 11.4 Å². The van der Waals surface area contributed by atoms with Crippen molar-refractivity contribution in [2.24, 2.45) is 0 Å². The second-order valence-electron chi connectivity index (χ2n) is 7.88. The highest BCUT2D eigenvalue weighted by atomic mass is 32.1. The monoisotopic (exact) mass is 494 g/mol. The third kappa shape index (κ3) is 4.21. The number of rotatable bonds is 5. The number of benzene rings is 3. The summed E-state index contributed by atoms with van der Waals surface area (Å²) in [6.45, 7) is 0. The molecule has 1 N–H and O–H groups in total. The molecule has 0 aliphatic carbocycles. The van der Waals surface area contributed by atoms with E-state index in [4.69, 9.17) is 16.6 Å². The predicted molar refractivity (Wildman–Crippen MR) is 140 cm³/mol. The summed E-state index contributed by atoms with van der Waals surface area (Å²) >= 11 is 5.60. The van der Waals surface area contributed by atoms with Crippen LogP contribution in [0.2, 0.25) is 0 Å². The van der Waals surface area contributed by atoms with E-state index in [2.05, 4.69) is 0 Å². The van der Waals surface area contributed by atoms with Crippen molar-refractivity contribution in [2.45, 2.75) is 0 Å². The predicted octanol–water partition coefficient (Wildman–Crippen LogP) is 5.39. The Bertz CT molecular complexity index is 1460. The van der Waals surface area contributed by atoms with E-state index in [9.17, 15) is 19.5 Å². The molecule has 0 saturated carbocycles. The minimum absolute atomic E-state index is 0.0465. The fourth-order valence-electron chi connectivity index (χ4n) is 3.87. The van der Waals surface area contributed by atoms with Crippen LogP contribution in [0.25, 0.3) is 17.4 Å². The molecule has 5 rings (SSSR count). The van der Waals surface area contributed by atoms with Gasteiger partial charge in [0.25, 0.3) is 11.8 Å². The lowest BCUT2D eigenvalue weighted by atomic mass is 10.1. The lowest BCUT2D eigenvalue weighted by Gasteiger charge is -2.36. The van der Waals surface area contributed by atoms with E-state index in [-0.39, 0.29) is 22.0 Å². The van der Waals surface area contributed by atoms with E-state index in [1.165, 1.54) is 28.0 Å². The third-order valence-electron chi connectivity index (χ3n) is 5.59. The van der Waals surface area contributed by atoms with Gasteiger partial charge in [-0.2, -0.15) is 0 Å². The van der Waals surface area contributed by atoms with Gasteiger partial charge >= 0.3 is 5.97 Å². The summed E-state index contributed by atoms with van der Waals surface area (Å²) in [7, 11) is 0. The maximum Gasteiger partial charge on any atom is 0.335 e. The Morgan fingerprint density at radius 2 is 1.36 bits per heavy atom. The second-order valence-corrected chi connectivity index (χ2v) is 8.25. The van der Waals surface area contributed by atoms with Gasteiger partial charge in [0.2, 0.25) is 0 Å². The van der Waals surface area contributed by atoms with Crippen LogP contribution in [0.15, 0.2) is 107 Å². The highest BCUT2D eigenvalue weighted by molar-refractivity contribution is 7.81. The number of carboxylic acids is 1. The molecule has 3 aromatic carbocycles. The summed E-state index contributed by atoms with van der Waals surface area (Å²) < 4.78 is 5.87. The number of hydrogen-bond acceptors (Lipinski definition) is 5. The Morgan fingerprint density at radius 1 is 0.778 bits per heavy atom. The number of nitrogens with zero attached hydrogens (tertiary/aromatic N) is 2. The van der Waals surface area contributed by atoms with Crippen molar-refractivity contribution in [1.82, 2.24) is 0 Å². The average Bonchev–Trinajstić information content (AvgIpc) is 3.37. The molecule has 0 bridgehead atoms. The zero-order valence-corrected chi connectivity index (χ0v) is 19.5. The van der Waals surface area contributed by atoms with E-state index in [1.54, 1.807) is 72.8 Å².